The van der Waals surface area contributed by atoms with E-state index in [0.717, 1.165) is 40.7 Å². The highest BCUT2D eigenvalue weighted by molar-refractivity contribution is 7.83. The first-order valence-corrected chi connectivity index (χ1v) is 10.4. The minimum Gasteiger partial charge on any atom is -0.143 e. The number of rotatable bonds is 7. The molecular weight excluding hydrogens is 409 g/mol. The molecule has 0 unspecified atom stereocenters. The summed E-state index contributed by atoms with van der Waals surface area (Å²) in [6, 6.07) is 0. The number of hydrogen-bond donors (Lipinski definition) is 3. The van der Waals surface area contributed by atoms with Gasteiger partial charge >= 0.3 is 0 Å². The smallest absolute Gasteiger partial charge is 0.143 e. The zero-order valence-corrected chi connectivity index (χ0v) is 16.8. The minimum atomic E-state index is 0.285. The molecule has 0 aromatic carbocycles. The molecule has 3 aromatic heterocycles. The van der Waals surface area contributed by atoms with Gasteiger partial charge in [-0.25, -0.2) is 0 Å². The molecule has 0 aliphatic rings. The van der Waals surface area contributed by atoms with Crippen LogP contribution in [0.3, 0.4) is 0 Å². The van der Waals surface area contributed by atoms with Gasteiger partial charge in [0, 0.05) is 18.8 Å². The maximum atomic E-state index is 4.27. The van der Waals surface area contributed by atoms with Crippen molar-refractivity contribution in [2.75, 3.05) is 0 Å². The number of thiol groups is 3. The van der Waals surface area contributed by atoms with Crippen LogP contribution in [0.5, 0.6) is 0 Å². The molecule has 23 heavy (non-hydrogen) atoms. The molecule has 122 valence electrons. The summed E-state index contributed by atoms with van der Waals surface area (Å²) in [5.41, 5.74) is 0. The Bertz CT molecular complexity index is 722. The van der Waals surface area contributed by atoms with Gasteiger partial charge in [-0.05, 0) is 12.8 Å². The van der Waals surface area contributed by atoms with Gasteiger partial charge < -0.3 is 0 Å². The van der Waals surface area contributed by atoms with Crippen LogP contribution in [-0.2, 0) is 12.8 Å². The summed E-state index contributed by atoms with van der Waals surface area (Å²) in [5.74, 6) is 0.285. The van der Waals surface area contributed by atoms with Crippen LogP contribution in [0.15, 0.2) is 13.0 Å². The Morgan fingerprint density at radius 2 is 1.13 bits per heavy atom. The molecule has 0 atom stereocenters. The Hall–Kier alpha value is -0.270. The van der Waals surface area contributed by atoms with Crippen molar-refractivity contribution in [3.63, 3.8) is 0 Å². The molecule has 0 saturated carbocycles. The van der Waals surface area contributed by atoms with E-state index in [9.17, 15) is 0 Å². The molecule has 0 saturated heterocycles. The van der Waals surface area contributed by atoms with Gasteiger partial charge in [-0.2, -0.15) is 0 Å². The second-order valence-electron chi connectivity index (χ2n) is 4.65. The van der Waals surface area contributed by atoms with Gasteiger partial charge in [0.05, 0.1) is 0 Å². The fourth-order valence-electron chi connectivity index (χ4n) is 2.07. The zero-order valence-electron chi connectivity index (χ0n) is 11.7. The summed E-state index contributed by atoms with van der Waals surface area (Å²) in [7, 11) is 0. The minimum absolute atomic E-state index is 0.285. The first-order valence-electron chi connectivity index (χ1n) is 6.65. The van der Waals surface area contributed by atoms with E-state index in [0.29, 0.717) is 13.0 Å². The van der Waals surface area contributed by atoms with E-state index in [2.05, 4.69) is 68.5 Å². The summed E-state index contributed by atoms with van der Waals surface area (Å²) >= 11 is 17.2. The number of nitrogens with zero attached hydrogens (tertiary/aromatic N) is 6. The maximum Gasteiger partial charge on any atom is 0.171 e. The Morgan fingerprint density at radius 1 is 0.652 bits per heavy atom. The lowest BCUT2D eigenvalue weighted by atomic mass is 9.98. The van der Waals surface area contributed by atoms with E-state index in [4.69, 9.17) is 0 Å². The Labute approximate surface area is 161 Å². The van der Waals surface area contributed by atoms with E-state index >= 15 is 0 Å². The van der Waals surface area contributed by atoms with Gasteiger partial charge in [-0.1, -0.05) is 34.0 Å². The standard InChI is InChI=1S/C11H12N6S6/c18-9-15-12-6(21-9)3-1-5(8-14-17-11(20)23-8)2-4-7-13-16-10(19)22-7/h5H,1-4H2,(H,15,18)(H,16,19)(H,17,20). The van der Waals surface area contributed by atoms with Crippen molar-refractivity contribution < 1.29 is 0 Å². The summed E-state index contributed by atoms with van der Waals surface area (Å²) in [6.45, 7) is 0. The first kappa shape index (κ1) is 17.5. The van der Waals surface area contributed by atoms with E-state index in [1.54, 1.807) is 0 Å². The van der Waals surface area contributed by atoms with E-state index < -0.39 is 0 Å². The van der Waals surface area contributed by atoms with Crippen molar-refractivity contribution in [3.8, 4) is 0 Å². The summed E-state index contributed by atoms with van der Waals surface area (Å²) < 4.78 is 2.08. The predicted molar refractivity (Wildman–Crippen MR) is 101 cm³/mol. The van der Waals surface area contributed by atoms with E-state index in [-0.39, 0.29) is 5.92 Å². The summed E-state index contributed by atoms with van der Waals surface area (Å²) in [4.78, 5) is 0. The Kier molecular flexibility index (Phi) is 6.26. The Morgan fingerprint density at radius 3 is 1.52 bits per heavy atom. The lowest BCUT2D eigenvalue weighted by Crippen LogP contribution is -2.03. The van der Waals surface area contributed by atoms with Crippen LogP contribution in [0.4, 0.5) is 0 Å². The molecule has 0 aliphatic heterocycles. The Balaban J connectivity index is 1.65. The molecule has 0 bridgehead atoms. The number of aromatic nitrogens is 6. The van der Waals surface area contributed by atoms with Gasteiger partial charge in [-0.3, -0.25) is 0 Å². The average Bonchev–Trinajstić information content (AvgIpc) is 3.22. The van der Waals surface area contributed by atoms with Crippen LogP contribution < -0.4 is 0 Å². The molecular formula is C11H12N6S6. The maximum absolute atomic E-state index is 4.27. The molecule has 12 heteroatoms. The van der Waals surface area contributed by atoms with Gasteiger partial charge in [0.25, 0.3) is 0 Å². The van der Waals surface area contributed by atoms with E-state index in [1.807, 2.05) is 0 Å². The van der Waals surface area contributed by atoms with Gasteiger partial charge in [-0.15, -0.1) is 68.5 Å². The molecule has 6 nitrogen and oxygen atoms in total. The second kappa shape index (κ2) is 8.21. The van der Waals surface area contributed by atoms with Gasteiger partial charge in [0.1, 0.15) is 15.0 Å². The topological polar surface area (TPSA) is 77.3 Å². The van der Waals surface area contributed by atoms with Crippen LogP contribution in [0.1, 0.15) is 33.8 Å². The number of hydrogen-bond acceptors (Lipinski definition) is 12. The predicted octanol–water partition coefficient (Wildman–Crippen LogP) is 3.46. The van der Waals surface area contributed by atoms with Crippen LogP contribution in [0.2, 0.25) is 0 Å². The first-order chi connectivity index (χ1) is 11.1. The van der Waals surface area contributed by atoms with Crippen molar-refractivity contribution >= 4 is 71.9 Å². The SMILES string of the molecule is Sc1nnc(CCC(CCc2nnc(S)s2)c2nnc(S)s2)s1. The molecule has 0 N–H and O–H groups in total. The number of aryl methyl sites for hydroxylation is 2. The lowest BCUT2D eigenvalue weighted by molar-refractivity contribution is 0.564. The van der Waals surface area contributed by atoms with Crippen molar-refractivity contribution in [2.24, 2.45) is 0 Å². The van der Waals surface area contributed by atoms with Gasteiger partial charge in [0.15, 0.2) is 13.0 Å². The van der Waals surface area contributed by atoms with E-state index in [1.165, 1.54) is 34.0 Å². The van der Waals surface area contributed by atoms with Crippen molar-refractivity contribution in [3.05, 3.63) is 15.0 Å². The fourth-order valence-corrected chi connectivity index (χ4v) is 5.06. The molecule has 0 fully saturated rings. The largest absolute Gasteiger partial charge is 0.171 e. The third-order valence-electron chi connectivity index (χ3n) is 3.10. The normalized spacial score (nSPS) is 11.5. The third-order valence-corrected chi connectivity index (χ3v) is 6.65. The van der Waals surface area contributed by atoms with Gasteiger partial charge in [0.2, 0.25) is 0 Å². The van der Waals surface area contributed by atoms with Crippen molar-refractivity contribution in [1.29, 1.82) is 0 Å². The molecule has 3 heterocycles. The van der Waals surface area contributed by atoms with Crippen LogP contribution in [0, 0.1) is 0 Å². The zero-order chi connectivity index (χ0) is 16.2. The van der Waals surface area contributed by atoms with Crippen molar-refractivity contribution in [2.45, 2.75) is 44.6 Å². The molecule has 0 radical (unpaired) electrons. The highest BCUT2D eigenvalue weighted by atomic mass is 32.2. The molecule has 3 rings (SSSR count). The van der Waals surface area contributed by atoms with Crippen LogP contribution >= 0.6 is 71.9 Å². The summed E-state index contributed by atoms with van der Waals surface area (Å²) in [6.07, 6.45) is 3.55. The fraction of sp³-hybridized carbons (Fsp3) is 0.455. The van der Waals surface area contributed by atoms with Crippen molar-refractivity contribution in [1.82, 2.24) is 30.6 Å². The summed E-state index contributed by atoms with van der Waals surface area (Å²) in [5, 5.41) is 27.4. The molecule has 3 aromatic rings. The van der Waals surface area contributed by atoms with Crippen LogP contribution in [0.25, 0.3) is 0 Å². The molecule has 0 spiro atoms. The lowest BCUT2D eigenvalue weighted by Gasteiger charge is -2.11. The highest BCUT2D eigenvalue weighted by Crippen LogP contribution is 2.31. The third kappa shape index (κ3) is 5.10. The molecule has 0 amide bonds. The second-order valence-corrected chi connectivity index (χ2v) is 9.97. The quantitative estimate of drug-likeness (QED) is 0.508. The highest BCUT2D eigenvalue weighted by Gasteiger charge is 2.18. The molecule has 0 aliphatic carbocycles. The average molecular weight is 421 g/mol. The van der Waals surface area contributed by atoms with Crippen LogP contribution in [-0.4, -0.2) is 30.6 Å². The monoisotopic (exact) mass is 420 g/mol.